The van der Waals surface area contributed by atoms with Crippen LogP contribution in [0.3, 0.4) is 0 Å². The third kappa shape index (κ3) is 4.80. The number of carbonyl (C=O) groups excluding carboxylic acids is 1. The van der Waals surface area contributed by atoms with Gasteiger partial charge in [0.05, 0.1) is 6.10 Å². The molecule has 6 nitrogen and oxygen atoms in total. The molecule has 1 aliphatic carbocycles. The summed E-state index contributed by atoms with van der Waals surface area (Å²) in [6.45, 7) is 9.64. The van der Waals surface area contributed by atoms with E-state index >= 15 is 0 Å². The van der Waals surface area contributed by atoms with Gasteiger partial charge in [-0.3, -0.25) is 9.79 Å². The summed E-state index contributed by atoms with van der Waals surface area (Å²) < 4.78 is 6.00. The monoisotopic (exact) mass is 414 g/mol. The second-order valence-electron chi connectivity index (χ2n) is 8.48. The Balaban J connectivity index is 1.56. The van der Waals surface area contributed by atoms with Crippen molar-refractivity contribution in [1.82, 2.24) is 15.5 Å². The standard InChI is InChI=1S/C24H38N4O2/c1-5-24(6-2)20(15-21(24)30-7-3)27-23(25-4)26-16-18-10-8-11-19(14-18)17-28-13-9-12-22(28)29/h8,10-11,14,20-21H,5-7,9,12-13,15-17H2,1-4H3,(H2,25,26,27). The summed E-state index contributed by atoms with van der Waals surface area (Å²) in [5.41, 5.74) is 2.55. The first-order chi connectivity index (χ1) is 14.6. The largest absolute Gasteiger partial charge is 0.378 e. The number of benzene rings is 1. The molecule has 0 bridgehead atoms. The molecule has 30 heavy (non-hydrogen) atoms. The van der Waals surface area contributed by atoms with Gasteiger partial charge in [-0.2, -0.15) is 0 Å². The Morgan fingerprint density at radius 3 is 2.67 bits per heavy atom. The fourth-order valence-electron chi connectivity index (χ4n) is 5.06. The summed E-state index contributed by atoms with van der Waals surface area (Å²) in [6, 6.07) is 8.85. The maximum absolute atomic E-state index is 11.9. The summed E-state index contributed by atoms with van der Waals surface area (Å²) in [7, 11) is 1.82. The molecular formula is C24H38N4O2. The molecule has 166 valence electrons. The number of nitrogens with zero attached hydrogens (tertiary/aromatic N) is 2. The van der Waals surface area contributed by atoms with E-state index in [4.69, 9.17) is 4.74 Å². The van der Waals surface area contributed by atoms with Crippen molar-refractivity contribution in [3.05, 3.63) is 35.4 Å². The van der Waals surface area contributed by atoms with Crippen LogP contribution in [0.5, 0.6) is 0 Å². The van der Waals surface area contributed by atoms with Gasteiger partial charge in [0.2, 0.25) is 5.91 Å². The van der Waals surface area contributed by atoms with E-state index in [1.165, 1.54) is 11.1 Å². The van der Waals surface area contributed by atoms with E-state index in [1.54, 1.807) is 0 Å². The average Bonchev–Trinajstić information content (AvgIpc) is 3.15. The molecule has 1 saturated carbocycles. The van der Waals surface area contributed by atoms with E-state index in [1.807, 2.05) is 11.9 Å². The first-order valence-electron chi connectivity index (χ1n) is 11.5. The highest BCUT2D eigenvalue weighted by Gasteiger charge is 2.53. The zero-order chi connectivity index (χ0) is 21.6. The molecule has 1 aromatic rings. The SMILES string of the molecule is CCOC1CC(NC(=NC)NCc2cccc(CN3CCCC3=O)c2)C1(CC)CC. The van der Waals surface area contributed by atoms with Crippen molar-refractivity contribution < 1.29 is 9.53 Å². The van der Waals surface area contributed by atoms with Crippen molar-refractivity contribution in [2.75, 3.05) is 20.2 Å². The molecule has 0 spiro atoms. The third-order valence-corrected chi connectivity index (χ3v) is 7.00. The molecule has 0 radical (unpaired) electrons. The number of hydrogen-bond donors (Lipinski definition) is 2. The summed E-state index contributed by atoms with van der Waals surface area (Å²) in [5, 5.41) is 7.10. The fraction of sp³-hybridized carbons (Fsp3) is 0.667. The maximum atomic E-state index is 11.9. The number of guanidine groups is 1. The van der Waals surface area contributed by atoms with E-state index in [0.717, 1.165) is 44.8 Å². The van der Waals surface area contributed by atoms with Crippen molar-refractivity contribution in [3.8, 4) is 0 Å². The van der Waals surface area contributed by atoms with Gasteiger partial charge < -0.3 is 20.3 Å². The van der Waals surface area contributed by atoms with Crippen LogP contribution < -0.4 is 10.6 Å². The van der Waals surface area contributed by atoms with Crippen LogP contribution in [0, 0.1) is 5.41 Å². The zero-order valence-corrected chi connectivity index (χ0v) is 19.0. The molecule has 1 aromatic carbocycles. The topological polar surface area (TPSA) is 66.0 Å². The predicted octanol–water partition coefficient (Wildman–Crippen LogP) is 3.46. The van der Waals surface area contributed by atoms with Crippen LogP contribution in [0.2, 0.25) is 0 Å². The Kier molecular flexibility index (Phi) is 7.75. The van der Waals surface area contributed by atoms with Crippen molar-refractivity contribution in [2.24, 2.45) is 10.4 Å². The van der Waals surface area contributed by atoms with Crippen LogP contribution in [0.15, 0.2) is 29.3 Å². The molecule has 1 heterocycles. The second kappa shape index (κ2) is 10.3. The minimum atomic E-state index is 0.176. The van der Waals surface area contributed by atoms with Crippen LogP contribution in [0.1, 0.15) is 64.0 Å². The number of amides is 1. The lowest BCUT2D eigenvalue weighted by atomic mass is 9.58. The minimum absolute atomic E-state index is 0.176. The third-order valence-electron chi connectivity index (χ3n) is 7.00. The highest BCUT2D eigenvalue weighted by atomic mass is 16.5. The number of hydrogen-bond acceptors (Lipinski definition) is 3. The Morgan fingerprint density at radius 2 is 2.03 bits per heavy atom. The van der Waals surface area contributed by atoms with Crippen LogP contribution in [0.25, 0.3) is 0 Å². The maximum Gasteiger partial charge on any atom is 0.222 e. The van der Waals surface area contributed by atoms with Gasteiger partial charge in [0.1, 0.15) is 0 Å². The molecule has 1 saturated heterocycles. The second-order valence-corrected chi connectivity index (χ2v) is 8.48. The van der Waals surface area contributed by atoms with Crippen molar-refractivity contribution in [3.63, 3.8) is 0 Å². The van der Waals surface area contributed by atoms with Gasteiger partial charge in [-0.25, -0.2) is 0 Å². The Morgan fingerprint density at radius 1 is 1.27 bits per heavy atom. The van der Waals surface area contributed by atoms with E-state index in [0.29, 0.717) is 31.7 Å². The number of rotatable bonds is 9. The van der Waals surface area contributed by atoms with Gasteiger partial charge in [-0.05, 0) is 43.7 Å². The van der Waals surface area contributed by atoms with E-state index in [9.17, 15) is 4.79 Å². The van der Waals surface area contributed by atoms with E-state index < -0.39 is 0 Å². The minimum Gasteiger partial charge on any atom is -0.378 e. The van der Waals surface area contributed by atoms with Gasteiger partial charge in [-0.1, -0.05) is 38.1 Å². The first kappa shape index (κ1) is 22.6. The van der Waals surface area contributed by atoms with Crippen LogP contribution in [-0.4, -0.2) is 49.1 Å². The van der Waals surface area contributed by atoms with Gasteiger partial charge in [0.15, 0.2) is 5.96 Å². The smallest absolute Gasteiger partial charge is 0.222 e. The lowest BCUT2D eigenvalue weighted by molar-refractivity contribution is -0.133. The molecule has 2 atom stereocenters. The molecule has 6 heteroatoms. The highest BCUT2D eigenvalue weighted by molar-refractivity contribution is 5.80. The Labute approximate surface area is 181 Å². The lowest BCUT2D eigenvalue weighted by Gasteiger charge is -2.55. The number of likely N-dealkylation sites (tertiary alicyclic amines) is 1. The number of aliphatic imine (C=N–C) groups is 1. The molecule has 2 unspecified atom stereocenters. The Hall–Kier alpha value is -2.08. The molecule has 1 aliphatic heterocycles. The van der Waals surface area contributed by atoms with Crippen LogP contribution in [-0.2, 0) is 22.6 Å². The average molecular weight is 415 g/mol. The molecule has 0 aromatic heterocycles. The zero-order valence-electron chi connectivity index (χ0n) is 19.0. The van der Waals surface area contributed by atoms with Gasteiger partial charge in [-0.15, -0.1) is 0 Å². The molecule has 3 rings (SSSR count). The number of carbonyl (C=O) groups is 1. The van der Waals surface area contributed by atoms with Crippen molar-refractivity contribution in [1.29, 1.82) is 0 Å². The summed E-state index contributed by atoms with van der Waals surface area (Å²) >= 11 is 0. The van der Waals surface area contributed by atoms with Gasteiger partial charge in [0, 0.05) is 51.2 Å². The van der Waals surface area contributed by atoms with Gasteiger partial charge >= 0.3 is 0 Å². The molecular weight excluding hydrogens is 376 g/mol. The van der Waals surface area contributed by atoms with Crippen molar-refractivity contribution >= 4 is 11.9 Å². The van der Waals surface area contributed by atoms with Gasteiger partial charge in [0.25, 0.3) is 0 Å². The van der Waals surface area contributed by atoms with E-state index in [2.05, 4.69) is 60.7 Å². The fourth-order valence-corrected chi connectivity index (χ4v) is 5.06. The quantitative estimate of drug-likeness (QED) is 0.480. The molecule has 1 amide bonds. The lowest BCUT2D eigenvalue weighted by Crippen LogP contribution is -2.65. The summed E-state index contributed by atoms with van der Waals surface area (Å²) in [6.07, 6.45) is 5.21. The van der Waals surface area contributed by atoms with Crippen molar-refractivity contribution in [2.45, 2.75) is 78.1 Å². The van der Waals surface area contributed by atoms with Crippen LogP contribution in [0.4, 0.5) is 0 Å². The normalized spacial score (nSPS) is 23.4. The highest BCUT2D eigenvalue weighted by Crippen LogP contribution is 2.48. The summed E-state index contributed by atoms with van der Waals surface area (Å²) in [5.74, 6) is 1.10. The summed E-state index contributed by atoms with van der Waals surface area (Å²) in [4.78, 5) is 18.3. The molecule has 2 N–H and O–H groups in total. The molecule has 2 aliphatic rings. The molecule has 2 fully saturated rings. The van der Waals surface area contributed by atoms with Crippen LogP contribution >= 0.6 is 0 Å². The number of ether oxygens (including phenoxy) is 1. The predicted molar refractivity (Wildman–Crippen MR) is 121 cm³/mol. The first-order valence-corrected chi connectivity index (χ1v) is 11.5. The number of nitrogens with one attached hydrogen (secondary N) is 2. The Bertz CT molecular complexity index is 744. The van der Waals surface area contributed by atoms with E-state index in [-0.39, 0.29) is 11.3 Å².